The Bertz CT molecular complexity index is 400. The number of carboxylic acid groups (broad SMARTS) is 1. The zero-order valence-corrected chi connectivity index (χ0v) is 9.52. The van der Waals surface area contributed by atoms with E-state index < -0.39 is 18.0 Å². The Morgan fingerprint density at radius 1 is 1.67 bits per heavy atom. The van der Waals surface area contributed by atoms with Crippen molar-refractivity contribution in [3.63, 3.8) is 0 Å². The van der Waals surface area contributed by atoms with Gasteiger partial charge in [0.2, 0.25) is 0 Å². The van der Waals surface area contributed by atoms with E-state index in [0.29, 0.717) is 0 Å². The largest absolute Gasteiger partial charge is 0.481 e. The topological polar surface area (TPSA) is 50.2 Å². The van der Waals surface area contributed by atoms with Crippen LogP contribution >= 0.6 is 27.5 Å². The van der Waals surface area contributed by atoms with Crippen LogP contribution < -0.4 is 0 Å². The summed E-state index contributed by atoms with van der Waals surface area (Å²) in [5, 5.41) is 8.19. The molecule has 0 aromatic carbocycles. The molecule has 0 bridgehead atoms. The number of nitrogens with zero attached hydrogens (tertiary/aromatic N) is 1. The molecule has 3 nitrogen and oxygen atoms in total. The van der Waals surface area contributed by atoms with Crippen LogP contribution in [0.1, 0.15) is 17.6 Å². The molecule has 0 aliphatic rings. The van der Waals surface area contributed by atoms with Crippen LogP contribution in [-0.2, 0) is 11.2 Å². The molecule has 0 radical (unpaired) electrons. The molecule has 1 N–H and O–H groups in total. The normalized spacial score (nSPS) is 10.7. The number of carboxylic acids is 1. The van der Waals surface area contributed by atoms with Crippen molar-refractivity contribution >= 4 is 33.5 Å². The quantitative estimate of drug-likeness (QED) is 0.873. The monoisotopic (exact) mass is 299 g/mol. The van der Waals surface area contributed by atoms with Gasteiger partial charge in [-0.1, -0.05) is 11.6 Å². The Morgan fingerprint density at radius 3 is 2.73 bits per heavy atom. The first kappa shape index (κ1) is 12.3. The average molecular weight is 300 g/mol. The van der Waals surface area contributed by atoms with Gasteiger partial charge < -0.3 is 5.11 Å². The van der Waals surface area contributed by atoms with Crippen molar-refractivity contribution in [2.45, 2.75) is 12.8 Å². The number of aromatic nitrogens is 1. The Kier molecular flexibility index (Phi) is 3.98. The Balaban J connectivity index is 3.22. The minimum absolute atomic E-state index is 0.0000926. The highest BCUT2D eigenvalue weighted by molar-refractivity contribution is 9.10. The molecular weight excluding hydrogens is 295 g/mol. The fourth-order valence-corrected chi connectivity index (χ4v) is 1.94. The molecule has 0 saturated heterocycles. The summed E-state index contributed by atoms with van der Waals surface area (Å²) in [6.07, 6.45) is -2.02. The van der Waals surface area contributed by atoms with Gasteiger partial charge in [-0.25, -0.2) is 13.8 Å². The fraction of sp³-hybridized carbons (Fsp3) is 0.250. The van der Waals surface area contributed by atoms with Gasteiger partial charge in [-0.3, -0.25) is 4.79 Å². The SMILES string of the molecule is O=C(O)Cc1cnc(Cl)c(C(F)F)c1Br. The van der Waals surface area contributed by atoms with Crippen molar-refractivity contribution < 1.29 is 18.7 Å². The fourth-order valence-electron chi connectivity index (χ4n) is 0.996. The highest BCUT2D eigenvalue weighted by Gasteiger charge is 2.20. The van der Waals surface area contributed by atoms with E-state index in [1.807, 2.05) is 0 Å². The van der Waals surface area contributed by atoms with Crippen LogP contribution in [-0.4, -0.2) is 16.1 Å². The van der Waals surface area contributed by atoms with Crippen LogP contribution in [0.25, 0.3) is 0 Å². The zero-order valence-electron chi connectivity index (χ0n) is 7.18. The van der Waals surface area contributed by atoms with Gasteiger partial charge >= 0.3 is 5.97 Å². The van der Waals surface area contributed by atoms with Crippen LogP contribution in [0.2, 0.25) is 5.15 Å². The Labute approximate surface area is 97.2 Å². The molecule has 0 saturated carbocycles. The molecule has 0 amide bonds. The van der Waals surface area contributed by atoms with E-state index >= 15 is 0 Å². The highest BCUT2D eigenvalue weighted by atomic mass is 79.9. The average Bonchev–Trinajstić information content (AvgIpc) is 2.09. The highest BCUT2D eigenvalue weighted by Crippen LogP contribution is 2.34. The summed E-state index contributed by atoms with van der Waals surface area (Å²) in [6.45, 7) is 0. The number of hydrogen-bond donors (Lipinski definition) is 1. The molecular formula is C8H5BrClF2NO2. The van der Waals surface area contributed by atoms with E-state index in [1.165, 1.54) is 0 Å². The minimum atomic E-state index is -2.80. The molecule has 15 heavy (non-hydrogen) atoms. The van der Waals surface area contributed by atoms with Gasteiger partial charge in [0.05, 0.1) is 12.0 Å². The second-order valence-electron chi connectivity index (χ2n) is 2.67. The van der Waals surface area contributed by atoms with E-state index in [-0.39, 0.29) is 21.6 Å². The third-order valence-electron chi connectivity index (χ3n) is 1.63. The van der Waals surface area contributed by atoms with Gasteiger partial charge in [-0.05, 0) is 21.5 Å². The lowest BCUT2D eigenvalue weighted by Gasteiger charge is -2.08. The second-order valence-corrected chi connectivity index (χ2v) is 3.82. The van der Waals surface area contributed by atoms with Crippen molar-refractivity contribution in [2.75, 3.05) is 0 Å². The van der Waals surface area contributed by atoms with E-state index in [2.05, 4.69) is 20.9 Å². The molecule has 1 rings (SSSR count). The number of alkyl halides is 2. The lowest BCUT2D eigenvalue weighted by atomic mass is 10.1. The summed E-state index contributed by atoms with van der Waals surface area (Å²) in [6, 6.07) is 0. The van der Waals surface area contributed by atoms with Crippen LogP contribution in [0.3, 0.4) is 0 Å². The van der Waals surface area contributed by atoms with Gasteiger partial charge in [0, 0.05) is 10.7 Å². The number of hydrogen-bond acceptors (Lipinski definition) is 2. The second kappa shape index (κ2) is 4.85. The van der Waals surface area contributed by atoms with Gasteiger partial charge in [-0.2, -0.15) is 0 Å². The first-order chi connectivity index (χ1) is 6.93. The van der Waals surface area contributed by atoms with Crippen LogP contribution in [0, 0.1) is 0 Å². The number of pyridine rings is 1. The maximum Gasteiger partial charge on any atom is 0.307 e. The number of aliphatic carboxylic acids is 1. The predicted octanol–water partition coefficient (Wildman–Crippen LogP) is 3.06. The molecule has 1 heterocycles. The first-order valence-corrected chi connectivity index (χ1v) is 4.93. The molecule has 0 aliphatic carbocycles. The van der Waals surface area contributed by atoms with Gasteiger partial charge in [0.1, 0.15) is 5.15 Å². The standard InChI is InChI=1S/C8H5BrClF2NO2/c9-6-3(1-4(14)15)2-13-7(10)5(6)8(11)12/h2,8H,1H2,(H,14,15). The molecule has 0 atom stereocenters. The molecule has 82 valence electrons. The van der Waals surface area contributed by atoms with E-state index in [0.717, 1.165) is 6.20 Å². The van der Waals surface area contributed by atoms with Crippen LogP contribution in [0.15, 0.2) is 10.7 Å². The molecule has 0 aliphatic heterocycles. The molecule has 7 heteroatoms. The third kappa shape index (κ3) is 2.85. The van der Waals surface area contributed by atoms with E-state index in [1.54, 1.807) is 0 Å². The summed E-state index contributed by atoms with van der Waals surface area (Å²) < 4.78 is 25.0. The van der Waals surface area contributed by atoms with Crippen molar-refractivity contribution in [1.29, 1.82) is 0 Å². The molecule has 1 aromatic heterocycles. The van der Waals surface area contributed by atoms with E-state index in [4.69, 9.17) is 16.7 Å². The molecule has 0 unspecified atom stereocenters. The molecule has 1 aromatic rings. The van der Waals surface area contributed by atoms with Crippen molar-refractivity contribution in [2.24, 2.45) is 0 Å². The van der Waals surface area contributed by atoms with Crippen LogP contribution in [0.4, 0.5) is 8.78 Å². The summed E-state index contributed by atoms with van der Waals surface area (Å²) in [5.74, 6) is -1.12. The number of carbonyl (C=O) groups is 1. The Morgan fingerprint density at radius 2 is 2.27 bits per heavy atom. The smallest absolute Gasteiger partial charge is 0.307 e. The van der Waals surface area contributed by atoms with Crippen molar-refractivity contribution in [3.05, 3.63) is 26.9 Å². The van der Waals surface area contributed by atoms with Crippen molar-refractivity contribution in [1.82, 2.24) is 4.98 Å². The lowest BCUT2D eigenvalue weighted by Crippen LogP contribution is -2.04. The third-order valence-corrected chi connectivity index (χ3v) is 2.87. The maximum atomic E-state index is 12.5. The molecule has 0 spiro atoms. The van der Waals surface area contributed by atoms with Crippen LogP contribution in [0.5, 0.6) is 0 Å². The number of rotatable bonds is 3. The lowest BCUT2D eigenvalue weighted by molar-refractivity contribution is -0.136. The Hall–Kier alpha value is -0.750. The maximum absolute atomic E-state index is 12.5. The molecule has 0 fully saturated rings. The van der Waals surface area contributed by atoms with Gasteiger partial charge in [-0.15, -0.1) is 0 Å². The van der Waals surface area contributed by atoms with Gasteiger partial charge in [0.25, 0.3) is 6.43 Å². The van der Waals surface area contributed by atoms with E-state index in [9.17, 15) is 13.6 Å². The minimum Gasteiger partial charge on any atom is -0.481 e. The summed E-state index contributed by atoms with van der Waals surface area (Å²) in [5.41, 5.74) is -0.308. The van der Waals surface area contributed by atoms with Crippen molar-refractivity contribution in [3.8, 4) is 0 Å². The predicted molar refractivity (Wildman–Crippen MR) is 53.2 cm³/mol. The number of halogens is 4. The zero-order chi connectivity index (χ0) is 11.6. The summed E-state index contributed by atoms with van der Waals surface area (Å²) in [7, 11) is 0. The summed E-state index contributed by atoms with van der Waals surface area (Å²) in [4.78, 5) is 13.9. The first-order valence-electron chi connectivity index (χ1n) is 3.76. The van der Waals surface area contributed by atoms with Gasteiger partial charge in [0.15, 0.2) is 0 Å². The summed E-state index contributed by atoms with van der Waals surface area (Å²) >= 11 is 8.36.